The Morgan fingerprint density at radius 1 is 1.29 bits per heavy atom. The summed E-state index contributed by atoms with van der Waals surface area (Å²) in [5, 5.41) is 4.46. The van der Waals surface area contributed by atoms with Crippen molar-refractivity contribution in [2.45, 2.75) is 0 Å². The molecule has 1 N–H and O–H groups in total. The van der Waals surface area contributed by atoms with Crippen molar-refractivity contribution in [2.24, 2.45) is 5.10 Å². The molecule has 0 spiro atoms. The molecule has 2 aromatic rings. The quantitative estimate of drug-likeness (QED) is 0.605. The van der Waals surface area contributed by atoms with E-state index in [2.05, 4.69) is 26.5 Å². The van der Waals surface area contributed by atoms with Crippen LogP contribution in [-0.2, 0) is 4.79 Å². The molecule has 24 heavy (non-hydrogen) atoms. The molecule has 8 heteroatoms. The van der Waals surface area contributed by atoms with Gasteiger partial charge in [-0.15, -0.1) is 0 Å². The van der Waals surface area contributed by atoms with Crippen LogP contribution in [0.4, 0.5) is 0 Å². The fourth-order valence-electron chi connectivity index (χ4n) is 1.94. The third-order valence-electron chi connectivity index (χ3n) is 3.05. The lowest BCUT2D eigenvalue weighted by Gasteiger charge is -2.07. The highest BCUT2D eigenvalue weighted by Crippen LogP contribution is 2.32. The second-order valence-corrected chi connectivity index (χ2v) is 6.06. The van der Waals surface area contributed by atoms with Crippen molar-refractivity contribution in [3.05, 3.63) is 51.5 Å². The van der Waals surface area contributed by atoms with Crippen LogP contribution in [0, 0.1) is 0 Å². The number of hydrogen-bond acceptors (Lipinski definition) is 5. The minimum atomic E-state index is -0.381. The van der Waals surface area contributed by atoms with Gasteiger partial charge in [0.25, 0.3) is 5.91 Å². The van der Waals surface area contributed by atoms with Gasteiger partial charge in [-0.3, -0.25) is 4.79 Å². The van der Waals surface area contributed by atoms with Crippen LogP contribution in [0.5, 0.6) is 17.2 Å². The minimum absolute atomic E-state index is 0.168. The van der Waals surface area contributed by atoms with E-state index in [-0.39, 0.29) is 19.3 Å². The molecule has 1 aliphatic rings. The normalized spacial score (nSPS) is 12.4. The highest BCUT2D eigenvalue weighted by Gasteiger charge is 2.12. The van der Waals surface area contributed by atoms with E-state index >= 15 is 0 Å². The van der Waals surface area contributed by atoms with Gasteiger partial charge in [0.2, 0.25) is 6.79 Å². The Hall–Kier alpha value is -2.25. The summed E-state index contributed by atoms with van der Waals surface area (Å²) in [5.74, 6) is 1.49. The van der Waals surface area contributed by atoms with Crippen LogP contribution in [0.15, 0.2) is 46.0 Å². The summed E-state index contributed by atoms with van der Waals surface area (Å²) in [6.45, 7) is 0.0446. The van der Waals surface area contributed by atoms with Crippen LogP contribution >= 0.6 is 27.5 Å². The van der Waals surface area contributed by atoms with Crippen LogP contribution in [0.1, 0.15) is 5.56 Å². The number of amides is 1. The fraction of sp³-hybridized carbons (Fsp3) is 0.125. The highest BCUT2D eigenvalue weighted by molar-refractivity contribution is 9.10. The minimum Gasteiger partial charge on any atom is -0.483 e. The number of rotatable bonds is 5. The maximum atomic E-state index is 11.7. The van der Waals surface area contributed by atoms with Crippen LogP contribution in [-0.4, -0.2) is 25.5 Å². The molecule has 1 heterocycles. The number of carbonyl (C=O) groups is 1. The molecular formula is C16H12BrClN2O4. The van der Waals surface area contributed by atoms with Gasteiger partial charge in [-0.25, -0.2) is 5.43 Å². The smallest absolute Gasteiger partial charge is 0.277 e. The molecule has 1 aliphatic heterocycles. The Labute approximate surface area is 151 Å². The molecule has 0 unspecified atom stereocenters. The molecule has 0 aromatic heterocycles. The first-order chi connectivity index (χ1) is 11.6. The number of fused-ring (bicyclic) bond motifs is 1. The van der Waals surface area contributed by atoms with Gasteiger partial charge < -0.3 is 14.2 Å². The SMILES string of the molecule is O=C(COc1ccc(Cl)cc1Br)NN=Cc1ccc2c(c1)OCO2. The van der Waals surface area contributed by atoms with Crippen molar-refractivity contribution in [3.63, 3.8) is 0 Å². The summed E-state index contributed by atoms with van der Waals surface area (Å²) in [5.41, 5.74) is 3.17. The number of nitrogens with zero attached hydrogens (tertiary/aromatic N) is 1. The van der Waals surface area contributed by atoms with E-state index in [1.807, 2.05) is 6.07 Å². The van der Waals surface area contributed by atoms with Crippen molar-refractivity contribution in [3.8, 4) is 17.2 Å². The first-order valence-electron chi connectivity index (χ1n) is 6.91. The van der Waals surface area contributed by atoms with Gasteiger partial charge in [0.1, 0.15) is 5.75 Å². The van der Waals surface area contributed by atoms with Gasteiger partial charge in [0.05, 0.1) is 10.7 Å². The van der Waals surface area contributed by atoms with E-state index in [0.717, 1.165) is 5.56 Å². The van der Waals surface area contributed by atoms with Crippen molar-refractivity contribution >= 4 is 39.7 Å². The number of carbonyl (C=O) groups excluding carboxylic acids is 1. The van der Waals surface area contributed by atoms with Gasteiger partial charge in [0.15, 0.2) is 18.1 Å². The Bertz CT molecular complexity index is 798. The topological polar surface area (TPSA) is 69.2 Å². The van der Waals surface area contributed by atoms with Gasteiger partial charge in [-0.1, -0.05) is 11.6 Å². The number of halogens is 2. The van der Waals surface area contributed by atoms with Crippen LogP contribution in [0.3, 0.4) is 0 Å². The van der Waals surface area contributed by atoms with Crippen LogP contribution in [0.25, 0.3) is 0 Å². The van der Waals surface area contributed by atoms with Crippen molar-refractivity contribution < 1.29 is 19.0 Å². The molecule has 0 saturated heterocycles. The molecular weight excluding hydrogens is 400 g/mol. The summed E-state index contributed by atoms with van der Waals surface area (Å²) in [7, 11) is 0. The Morgan fingerprint density at radius 2 is 2.12 bits per heavy atom. The maximum absolute atomic E-state index is 11.7. The molecule has 124 valence electrons. The molecule has 3 rings (SSSR count). The predicted octanol–water partition coefficient (Wildman–Crippen LogP) is 3.36. The molecule has 6 nitrogen and oxygen atoms in total. The van der Waals surface area contributed by atoms with Gasteiger partial charge >= 0.3 is 0 Å². The summed E-state index contributed by atoms with van der Waals surface area (Å²) < 4.78 is 16.6. The Kier molecular flexibility index (Phi) is 5.22. The number of hydrazone groups is 1. The number of ether oxygens (including phenoxy) is 3. The summed E-state index contributed by atoms with van der Waals surface area (Å²) in [6.07, 6.45) is 1.51. The molecule has 0 aliphatic carbocycles. The van der Waals surface area contributed by atoms with Crippen molar-refractivity contribution in [1.82, 2.24) is 5.43 Å². The zero-order valence-electron chi connectivity index (χ0n) is 12.3. The molecule has 0 saturated carbocycles. The number of benzene rings is 2. The van der Waals surface area contributed by atoms with Crippen molar-refractivity contribution in [2.75, 3.05) is 13.4 Å². The zero-order chi connectivity index (χ0) is 16.9. The Morgan fingerprint density at radius 3 is 2.96 bits per heavy atom. The lowest BCUT2D eigenvalue weighted by atomic mass is 10.2. The average molecular weight is 412 g/mol. The number of nitrogens with one attached hydrogen (secondary N) is 1. The fourth-order valence-corrected chi connectivity index (χ4v) is 2.74. The highest BCUT2D eigenvalue weighted by atomic mass is 79.9. The second kappa shape index (κ2) is 7.55. The third kappa shape index (κ3) is 4.18. The standard InChI is InChI=1S/C16H12BrClN2O4/c17-12-6-11(18)2-4-13(12)22-8-16(21)20-19-7-10-1-3-14-15(5-10)24-9-23-14/h1-7H,8-9H2,(H,20,21). The van der Waals surface area contributed by atoms with E-state index in [0.29, 0.717) is 26.7 Å². The largest absolute Gasteiger partial charge is 0.483 e. The zero-order valence-corrected chi connectivity index (χ0v) is 14.6. The Balaban J connectivity index is 1.50. The third-order valence-corrected chi connectivity index (χ3v) is 3.91. The maximum Gasteiger partial charge on any atom is 0.277 e. The lowest BCUT2D eigenvalue weighted by Crippen LogP contribution is -2.24. The molecule has 2 aromatic carbocycles. The summed E-state index contributed by atoms with van der Waals surface area (Å²) in [6, 6.07) is 10.4. The van der Waals surface area contributed by atoms with E-state index in [1.54, 1.807) is 30.3 Å². The lowest BCUT2D eigenvalue weighted by molar-refractivity contribution is -0.123. The van der Waals surface area contributed by atoms with E-state index in [4.69, 9.17) is 25.8 Å². The van der Waals surface area contributed by atoms with Crippen molar-refractivity contribution in [1.29, 1.82) is 0 Å². The second-order valence-electron chi connectivity index (χ2n) is 4.77. The first-order valence-corrected chi connectivity index (χ1v) is 8.08. The van der Waals surface area contributed by atoms with Gasteiger partial charge in [0, 0.05) is 5.02 Å². The predicted molar refractivity (Wildman–Crippen MR) is 92.9 cm³/mol. The van der Waals surface area contributed by atoms with E-state index in [9.17, 15) is 4.79 Å². The average Bonchev–Trinajstić information content (AvgIpc) is 3.02. The monoisotopic (exact) mass is 410 g/mol. The summed E-state index contributed by atoms with van der Waals surface area (Å²) in [4.78, 5) is 11.7. The van der Waals surface area contributed by atoms with Crippen LogP contribution in [0.2, 0.25) is 5.02 Å². The molecule has 0 radical (unpaired) electrons. The van der Waals surface area contributed by atoms with Crippen LogP contribution < -0.4 is 19.6 Å². The molecule has 1 amide bonds. The van der Waals surface area contributed by atoms with E-state index < -0.39 is 0 Å². The molecule has 0 bridgehead atoms. The summed E-state index contributed by atoms with van der Waals surface area (Å²) >= 11 is 9.15. The molecule has 0 fully saturated rings. The van der Waals surface area contributed by atoms with Gasteiger partial charge in [-0.2, -0.15) is 5.10 Å². The number of hydrogen-bond donors (Lipinski definition) is 1. The van der Waals surface area contributed by atoms with Gasteiger partial charge in [-0.05, 0) is 57.9 Å². The molecule has 0 atom stereocenters. The van der Waals surface area contributed by atoms with E-state index in [1.165, 1.54) is 6.21 Å². The first kappa shape index (κ1) is 16.6.